The summed E-state index contributed by atoms with van der Waals surface area (Å²) in [6.07, 6.45) is 1.62. The van der Waals surface area contributed by atoms with Crippen LogP contribution in [-0.4, -0.2) is 34.7 Å². The highest BCUT2D eigenvalue weighted by Gasteiger charge is 2.33. The summed E-state index contributed by atoms with van der Waals surface area (Å²) in [6.45, 7) is 0.972. The molecule has 23 heavy (non-hydrogen) atoms. The SMILES string of the molecule is COc1ncccc1CN1C[C@@H](O)C[C@H]1c1ccc(F)c(F)c1. The highest BCUT2D eigenvalue weighted by atomic mass is 19.2. The number of aliphatic hydroxyl groups is 1. The van der Waals surface area contributed by atoms with Gasteiger partial charge >= 0.3 is 0 Å². The lowest BCUT2D eigenvalue weighted by molar-refractivity contribution is 0.172. The predicted octanol–water partition coefficient (Wildman–Crippen LogP) is 2.68. The number of rotatable bonds is 4. The second-order valence-corrected chi connectivity index (χ2v) is 5.68. The average molecular weight is 320 g/mol. The minimum absolute atomic E-state index is 0.176. The van der Waals surface area contributed by atoms with Crippen molar-refractivity contribution in [3.05, 3.63) is 59.3 Å². The van der Waals surface area contributed by atoms with Crippen LogP contribution in [0.4, 0.5) is 8.78 Å². The van der Waals surface area contributed by atoms with Crippen molar-refractivity contribution in [2.45, 2.75) is 25.1 Å². The van der Waals surface area contributed by atoms with Gasteiger partial charge in [-0.3, -0.25) is 4.90 Å². The quantitative estimate of drug-likeness (QED) is 0.941. The van der Waals surface area contributed by atoms with E-state index in [0.29, 0.717) is 31.0 Å². The summed E-state index contributed by atoms with van der Waals surface area (Å²) in [6, 6.07) is 7.43. The Balaban J connectivity index is 1.86. The second kappa shape index (κ2) is 6.60. The van der Waals surface area contributed by atoms with Crippen LogP contribution in [0.3, 0.4) is 0 Å². The zero-order valence-electron chi connectivity index (χ0n) is 12.7. The third kappa shape index (κ3) is 3.33. The minimum atomic E-state index is -0.872. The van der Waals surface area contributed by atoms with Crippen molar-refractivity contribution < 1.29 is 18.6 Å². The zero-order valence-corrected chi connectivity index (χ0v) is 12.7. The van der Waals surface area contributed by atoms with Gasteiger partial charge in [-0.25, -0.2) is 13.8 Å². The van der Waals surface area contributed by atoms with Crippen molar-refractivity contribution in [3.63, 3.8) is 0 Å². The van der Waals surface area contributed by atoms with E-state index in [4.69, 9.17) is 4.74 Å². The topological polar surface area (TPSA) is 45.6 Å². The molecular weight excluding hydrogens is 302 g/mol. The van der Waals surface area contributed by atoms with Gasteiger partial charge in [0, 0.05) is 30.9 Å². The molecule has 0 unspecified atom stereocenters. The van der Waals surface area contributed by atoms with E-state index in [9.17, 15) is 13.9 Å². The molecule has 3 rings (SSSR count). The van der Waals surface area contributed by atoms with Gasteiger partial charge in [-0.05, 0) is 30.2 Å². The lowest BCUT2D eigenvalue weighted by Gasteiger charge is -2.25. The molecular formula is C17H18F2N2O2. The van der Waals surface area contributed by atoms with Gasteiger partial charge in [0.2, 0.25) is 5.88 Å². The fourth-order valence-electron chi connectivity index (χ4n) is 3.07. The third-order valence-corrected chi connectivity index (χ3v) is 4.13. The van der Waals surface area contributed by atoms with E-state index in [-0.39, 0.29) is 6.04 Å². The summed E-state index contributed by atoms with van der Waals surface area (Å²) in [5.74, 6) is -1.21. The van der Waals surface area contributed by atoms with Gasteiger partial charge in [0.25, 0.3) is 0 Å². The fourth-order valence-corrected chi connectivity index (χ4v) is 3.07. The van der Waals surface area contributed by atoms with Crippen LogP contribution in [0.1, 0.15) is 23.6 Å². The van der Waals surface area contributed by atoms with Crippen molar-refractivity contribution in [1.82, 2.24) is 9.88 Å². The van der Waals surface area contributed by atoms with Gasteiger partial charge < -0.3 is 9.84 Å². The van der Waals surface area contributed by atoms with Crippen LogP contribution in [-0.2, 0) is 6.54 Å². The molecule has 1 aromatic heterocycles. The number of halogens is 2. The molecule has 0 radical (unpaired) electrons. The molecule has 2 aromatic rings. The van der Waals surface area contributed by atoms with E-state index in [1.807, 2.05) is 17.0 Å². The summed E-state index contributed by atoms with van der Waals surface area (Å²) in [4.78, 5) is 6.19. The first kappa shape index (κ1) is 15.8. The highest BCUT2D eigenvalue weighted by Crippen LogP contribution is 2.34. The Morgan fingerprint density at radius 3 is 2.87 bits per heavy atom. The molecule has 6 heteroatoms. The van der Waals surface area contributed by atoms with E-state index in [0.717, 1.165) is 11.6 Å². The molecule has 0 aliphatic carbocycles. The number of ether oxygens (including phenoxy) is 1. The Hall–Kier alpha value is -2.05. The molecule has 1 saturated heterocycles. The van der Waals surface area contributed by atoms with Crippen LogP contribution in [0.5, 0.6) is 5.88 Å². The molecule has 1 fully saturated rings. The summed E-state index contributed by atoms with van der Waals surface area (Å²) < 4.78 is 31.9. The number of methoxy groups -OCH3 is 1. The number of pyridine rings is 1. The van der Waals surface area contributed by atoms with Crippen molar-refractivity contribution in [2.24, 2.45) is 0 Å². The Morgan fingerprint density at radius 2 is 2.13 bits per heavy atom. The van der Waals surface area contributed by atoms with Gasteiger partial charge in [0.15, 0.2) is 11.6 Å². The molecule has 2 atom stereocenters. The maximum Gasteiger partial charge on any atom is 0.217 e. The number of hydrogen-bond acceptors (Lipinski definition) is 4. The number of likely N-dealkylation sites (tertiary alicyclic amines) is 1. The predicted molar refractivity (Wildman–Crippen MR) is 80.9 cm³/mol. The molecule has 1 aliphatic heterocycles. The van der Waals surface area contributed by atoms with Gasteiger partial charge in [0.05, 0.1) is 13.2 Å². The van der Waals surface area contributed by atoms with Gasteiger partial charge in [-0.1, -0.05) is 12.1 Å². The van der Waals surface area contributed by atoms with E-state index < -0.39 is 17.7 Å². The maximum atomic E-state index is 13.5. The first-order valence-electron chi connectivity index (χ1n) is 7.43. The lowest BCUT2D eigenvalue weighted by atomic mass is 10.0. The van der Waals surface area contributed by atoms with E-state index in [1.165, 1.54) is 6.07 Å². The summed E-state index contributed by atoms with van der Waals surface area (Å²) in [7, 11) is 1.55. The maximum absolute atomic E-state index is 13.5. The largest absolute Gasteiger partial charge is 0.481 e. The smallest absolute Gasteiger partial charge is 0.217 e. The Labute approximate surface area is 133 Å². The molecule has 0 spiro atoms. The fraction of sp³-hybridized carbons (Fsp3) is 0.353. The minimum Gasteiger partial charge on any atom is -0.481 e. The van der Waals surface area contributed by atoms with Crippen LogP contribution in [0.25, 0.3) is 0 Å². The molecule has 0 saturated carbocycles. The number of hydrogen-bond donors (Lipinski definition) is 1. The normalized spacial score (nSPS) is 21.6. The van der Waals surface area contributed by atoms with E-state index >= 15 is 0 Å². The van der Waals surface area contributed by atoms with Crippen LogP contribution in [0, 0.1) is 11.6 Å². The highest BCUT2D eigenvalue weighted by molar-refractivity contribution is 5.27. The average Bonchev–Trinajstić information content (AvgIpc) is 2.91. The number of β-amino-alcohol motifs (C(OH)–C–C–N with tert-alkyl or cyclic N) is 1. The van der Waals surface area contributed by atoms with Crippen LogP contribution < -0.4 is 4.74 Å². The Bertz CT molecular complexity index is 696. The summed E-state index contributed by atoms with van der Waals surface area (Å²) in [5.41, 5.74) is 1.54. The number of nitrogens with zero attached hydrogens (tertiary/aromatic N) is 2. The Kier molecular flexibility index (Phi) is 4.54. The van der Waals surface area contributed by atoms with Crippen LogP contribution >= 0.6 is 0 Å². The molecule has 2 heterocycles. The van der Waals surface area contributed by atoms with Gasteiger partial charge in [-0.15, -0.1) is 0 Å². The molecule has 0 bridgehead atoms. The van der Waals surface area contributed by atoms with Crippen molar-refractivity contribution in [2.75, 3.05) is 13.7 Å². The van der Waals surface area contributed by atoms with E-state index in [1.54, 1.807) is 19.4 Å². The molecule has 4 nitrogen and oxygen atoms in total. The number of benzene rings is 1. The zero-order chi connectivity index (χ0) is 16.4. The van der Waals surface area contributed by atoms with E-state index in [2.05, 4.69) is 4.98 Å². The third-order valence-electron chi connectivity index (χ3n) is 4.13. The molecule has 1 aromatic carbocycles. The second-order valence-electron chi connectivity index (χ2n) is 5.68. The molecule has 1 aliphatic rings. The first-order valence-corrected chi connectivity index (χ1v) is 7.43. The summed E-state index contributed by atoms with van der Waals surface area (Å²) in [5, 5.41) is 10.0. The Morgan fingerprint density at radius 1 is 1.30 bits per heavy atom. The monoisotopic (exact) mass is 320 g/mol. The summed E-state index contributed by atoms with van der Waals surface area (Å²) >= 11 is 0. The number of aliphatic hydroxyl groups excluding tert-OH is 1. The molecule has 0 amide bonds. The molecule has 1 N–H and O–H groups in total. The number of aromatic nitrogens is 1. The first-order chi connectivity index (χ1) is 11.1. The van der Waals surface area contributed by atoms with Gasteiger partial charge in [0.1, 0.15) is 0 Å². The standard InChI is InChI=1S/C17H18F2N2O2/c1-23-17-12(3-2-6-20-17)9-21-10-13(22)8-16(21)11-4-5-14(18)15(19)7-11/h2-7,13,16,22H,8-10H2,1H3/t13-,16-/m0/s1. The van der Waals surface area contributed by atoms with Crippen molar-refractivity contribution in [1.29, 1.82) is 0 Å². The molecule has 122 valence electrons. The van der Waals surface area contributed by atoms with Gasteiger partial charge in [-0.2, -0.15) is 0 Å². The van der Waals surface area contributed by atoms with Crippen molar-refractivity contribution in [3.8, 4) is 5.88 Å². The lowest BCUT2D eigenvalue weighted by Crippen LogP contribution is -2.24. The van der Waals surface area contributed by atoms with Crippen LogP contribution in [0.2, 0.25) is 0 Å². The van der Waals surface area contributed by atoms with Crippen LogP contribution in [0.15, 0.2) is 36.5 Å². The van der Waals surface area contributed by atoms with Crippen molar-refractivity contribution >= 4 is 0 Å².